The van der Waals surface area contributed by atoms with Gasteiger partial charge in [-0.2, -0.15) is 0 Å². The first-order chi connectivity index (χ1) is 13.1. The van der Waals surface area contributed by atoms with Crippen LogP contribution in [-0.2, 0) is 24.2 Å². The number of hydrogen-bond donors (Lipinski definition) is 1. The number of ether oxygens (including phenoxy) is 2. The van der Waals surface area contributed by atoms with Gasteiger partial charge < -0.3 is 19.7 Å². The molecule has 2 aromatic rings. The van der Waals surface area contributed by atoms with E-state index in [2.05, 4.69) is 10.3 Å². The summed E-state index contributed by atoms with van der Waals surface area (Å²) in [5, 5.41) is 2.93. The van der Waals surface area contributed by atoms with Gasteiger partial charge in [-0.1, -0.05) is 12.1 Å². The van der Waals surface area contributed by atoms with Gasteiger partial charge in [0.2, 0.25) is 0 Å². The third kappa shape index (κ3) is 4.36. The minimum atomic E-state index is -0.336. The molecule has 0 saturated carbocycles. The molecule has 2 heterocycles. The monoisotopic (exact) mass is 369 g/mol. The summed E-state index contributed by atoms with van der Waals surface area (Å²) in [4.78, 5) is 30.4. The lowest BCUT2D eigenvalue weighted by Crippen LogP contribution is -2.37. The van der Waals surface area contributed by atoms with Crippen molar-refractivity contribution in [3.8, 4) is 5.75 Å². The molecule has 0 fully saturated rings. The van der Waals surface area contributed by atoms with Crippen LogP contribution >= 0.6 is 0 Å². The highest BCUT2D eigenvalue weighted by molar-refractivity contribution is 5.95. The van der Waals surface area contributed by atoms with E-state index in [-0.39, 0.29) is 12.0 Å². The Bertz CT molecular complexity index is 820. The van der Waals surface area contributed by atoms with E-state index in [1.54, 1.807) is 31.3 Å². The van der Waals surface area contributed by atoms with E-state index < -0.39 is 0 Å². The lowest BCUT2D eigenvalue weighted by atomic mass is 9.97. The SMILES string of the molecule is CCOC(=O)N1CCc2c(cncc2C(=O)NCc2ccc(OC)cc2)C1. The van der Waals surface area contributed by atoms with Crippen molar-refractivity contribution in [1.82, 2.24) is 15.2 Å². The first-order valence-electron chi connectivity index (χ1n) is 8.91. The first kappa shape index (κ1) is 18.7. The van der Waals surface area contributed by atoms with Gasteiger partial charge in [0.1, 0.15) is 5.75 Å². The molecule has 1 aliphatic rings. The molecule has 2 amide bonds. The predicted octanol–water partition coefficient (Wildman–Crippen LogP) is 2.53. The molecule has 0 saturated heterocycles. The molecule has 7 heteroatoms. The quantitative estimate of drug-likeness (QED) is 0.876. The molecule has 0 aliphatic carbocycles. The summed E-state index contributed by atoms with van der Waals surface area (Å²) in [6.07, 6.45) is 3.56. The van der Waals surface area contributed by atoms with Gasteiger partial charge in [0.25, 0.3) is 5.91 Å². The van der Waals surface area contributed by atoms with Gasteiger partial charge in [-0.15, -0.1) is 0 Å². The number of rotatable bonds is 5. The average molecular weight is 369 g/mol. The molecular formula is C20H23N3O4. The van der Waals surface area contributed by atoms with E-state index in [0.717, 1.165) is 22.4 Å². The molecule has 1 N–H and O–H groups in total. The third-order valence-corrected chi connectivity index (χ3v) is 4.52. The lowest BCUT2D eigenvalue weighted by molar-refractivity contribution is 0.0947. The number of nitrogens with zero attached hydrogens (tertiary/aromatic N) is 2. The largest absolute Gasteiger partial charge is 0.497 e. The Labute approximate surface area is 158 Å². The van der Waals surface area contributed by atoms with Gasteiger partial charge in [0, 0.05) is 25.5 Å². The average Bonchev–Trinajstić information content (AvgIpc) is 2.71. The summed E-state index contributed by atoms with van der Waals surface area (Å²) in [6.45, 7) is 3.47. The number of benzene rings is 1. The molecule has 0 bridgehead atoms. The number of amides is 2. The fraction of sp³-hybridized carbons (Fsp3) is 0.350. The van der Waals surface area contributed by atoms with E-state index in [0.29, 0.717) is 38.2 Å². The van der Waals surface area contributed by atoms with Crippen LogP contribution in [0.5, 0.6) is 5.75 Å². The van der Waals surface area contributed by atoms with Gasteiger partial charge in [-0.05, 0) is 42.2 Å². The normalized spacial score (nSPS) is 12.9. The van der Waals surface area contributed by atoms with Crippen LogP contribution in [-0.4, -0.2) is 42.1 Å². The zero-order chi connectivity index (χ0) is 19.2. The fourth-order valence-electron chi connectivity index (χ4n) is 3.08. The van der Waals surface area contributed by atoms with Crippen molar-refractivity contribution in [3.05, 3.63) is 58.9 Å². The van der Waals surface area contributed by atoms with Gasteiger partial charge in [-0.25, -0.2) is 4.79 Å². The van der Waals surface area contributed by atoms with Crippen molar-refractivity contribution in [2.24, 2.45) is 0 Å². The summed E-state index contributed by atoms with van der Waals surface area (Å²) in [6, 6.07) is 7.54. The Kier molecular flexibility index (Phi) is 5.90. The summed E-state index contributed by atoms with van der Waals surface area (Å²) in [5.74, 6) is 0.609. The van der Waals surface area contributed by atoms with Gasteiger partial charge >= 0.3 is 6.09 Å². The van der Waals surface area contributed by atoms with Crippen molar-refractivity contribution < 1.29 is 19.1 Å². The van der Waals surface area contributed by atoms with Gasteiger partial charge in [-0.3, -0.25) is 9.78 Å². The van der Waals surface area contributed by atoms with Crippen LogP contribution in [0.15, 0.2) is 36.7 Å². The van der Waals surface area contributed by atoms with Crippen molar-refractivity contribution in [2.45, 2.75) is 26.4 Å². The van der Waals surface area contributed by atoms with E-state index in [4.69, 9.17) is 9.47 Å². The second kappa shape index (κ2) is 8.53. The molecule has 1 aliphatic heterocycles. The maximum absolute atomic E-state index is 12.6. The summed E-state index contributed by atoms with van der Waals surface area (Å²) in [5.41, 5.74) is 3.36. The molecule has 1 aromatic heterocycles. The Hall–Kier alpha value is -3.09. The fourth-order valence-corrected chi connectivity index (χ4v) is 3.08. The van der Waals surface area contributed by atoms with Crippen molar-refractivity contribution >= 4 is 12.0 Å². The summed E-state index contributed by atoms with van der Waals surface area (Å²) in [7, 11) is 1.62. The minimum Gasteiger partial charge on any atom is -0.497 e. The van der Waals surface area contributed by atoms with E-state index in [1.165, 1.54) is 0 Å². The standard InChI is InChI=1S/C20H23N3O4/c1-3-27-20(25)23-9-8-17-15(13-23)11-21-12-18(17)19(24)22-10-14-4-6-16(26-2)7-5-14/h4-7,11-12H,3,8-10,13H2,1-2H3,(H,22,24). The van der Waals surface area contributed by atoms with Gasteiger partial charge in [0.05, 0.1) is 25.8 Å². The zero-order valence-corrected chi connectivity index (χ0v) is 15.5. The highest BCUT2D eigenvalue weighted by atomic mass is 16.6. The number of pyridine rings is 1. The Balaban J connectivity index is 1.67. The second-order valence-electron chi connectivity index (χ2n) is 6.23. The molecule has 0 atom stereocenters. The van der Waals surface area contributed by atoms with Crippen LogP contribution in [0.3, 0.4) is 0 Å². The van der Waals surface area contributed by atoms with E-state index in [1.807, 2.05) is 24.3 Å². The van der Waals surface area contributed by atoms with Crippen LogP contribution in [0.1, 0.15) is 34.0 Å². The molecule has 0 radical (unpaired) electrons. The highest BCUT2D eigenvalue weighted by Gasteiger charge is 2.25. The van der Waals surface area contributed by atoms with Crippen LogP contribution in [0, 0.1) is 0 Å². The van der Waals surface area contributed by atoms with Crippen LogP contribution in [0.2, 0.25) is 0 Å². The molecule has 0 spiro atoms. The number of methoxy groups -OCH3 is 1. The minimum absolute atomic E-state index is 0.167. The summed E-state index contributed by atoms with van der Waals surface area (Å²) < 4.78 is 10.2. The van der Waals surface area contributed by atoms with Crippen LogP contribution in [0.25, 0.3) is 0 Å². The molecule has 0 unspecified atom stereocenters. The number of carbonyl (C=O) groups excluding carboxylic acids is 2. The van der Waals surface area contributed by atoms with E-state index in [9.17, 15) is 9.59 Å². The van der Waals surface area contributed by atoms with Gasteiger partial charge in [0.15, 0.2) is 0 Å². The lowest BCUT2D eigenvalue weighted by Gasteiger charge is -2.28. The Morgan fingerprint density at radius 2 is 2.00 bits per heavy atom. The smallest absolute Gasteiger partial charge is 0.410 e. The maximum Gasteiger partial charge on any atom is 0.410 e. The molecule has 3 rings (SSSR count). The molecule has 1 aromatic carbocycles. The highest BCUT2D eigenvalue weighted by Crippen LogP contribution is 2.22. The Morgan fingerprint density at radius 1 is 1.22 bits per heavy atom. The van der Waals surface area contributed by atoms with E-state index >= 15 is 0 Å². The number of aromatic nitrogens is 1. The van der Waals surface area contributed by atoms with Crippen molar-refractivity contribution in [3.63, 3.8) is 0 Å². The third-order valence-electron chi connectivity index (χ3n) is 4.52. The second-order valence-corrected chi connectivity index (χ2v) is 6.23. The summed E-state index contributed by atoms with van der Waals surface area (Å²) >= 11 is 0. The predicted molar refractivity (Wildman–Crippen MR) is 99.5 cm³/mol. The Morgan fingerprint density at radius 3 is 2.70 bits per heavy atom. The maximum atomic E-state index is 12.6. The molecule has 27 heavy (non-hydrogen) atoms. The zero-order valence-electron chi connectivity index (χ0n) is 15.5. The molecular weight excluding hydrogens is 346 g/mol. The topological polar surface area (TPSA) is 80.8 Å². The number of nitrogens with one attached hydrogen (secondary N) is 1. The molecule has 142 valence electrons. The van der Waals surface area contributed by atoms with Crippen molar-refractivity contribution in [1.29, 1.82) is 0 Å². The van der Waals surface area contributed by atoms with Crippen molar-refractivity contribution in [2.75, 3.05) is 20.3 Å². The number of carbonyl (C=O) groups is 2. The molecule has 7 nitrogen and oxygen atoms in total. The number of fused-ring (bicyclic) bond motifs is 1. The number of hydrogen-bond acceptors (Lipinski definition) is 5. The van der Waals surface area contributed by atoms with Crippen LogP contribution in [0.4, 0.5) is 4.79 Å². The van der Waals surface area contributed by atoms with Crippen LogP contribution < -0.4 is 10.1 Å². The first-order valence-corrected chi connectivity index (χ1v) is 8.91.